The predicted octanol–water partition coefficient (Wildman–Crippen LogP) is 5.47. The molecule has 0 radical (unpaired) electrons. The molecule has 31 heavy (non-hydrogen) atoms. The van der Waals surface area contributed by atoms with E-state index < -0.39 is 0 Å². The van der Waals surface area contributed by atoms with E-state index in [1.807, 2.05) is 54.6 Å². The normalized spacial score (nSPS) is 11.0. The summed E-state index contributed by atoms with van der Waals surface area (Å²) in [7, 11) is 0. The molecule has 0 bridgehead atoms. The lowest BCUT2D eigenvalue weighted by atomic mass is 10.2. The molecule has 5 rings (SSSR count). The van der Waals surface area contributed by atoms with E-state index in [1.165, 1.54) is 0 Å². The minimum absolute atomic E-state index is 0.546. The highest BCUT2D eigenvalue weighted by molar-refractivity contribution is 7.98. The van der Waals surface area contributed by atoms with Gasteiger partial charge in [-0.1, -0.05) is 30.0 Å². The van der Waals surface area contributed by atoms with Crippen molar-refractivity contribution in [3.05, 3.63) is 90.1 Å². The van der Waals surface area contributed by atoms with Crippen molar-refractivity contribution in [2.75, 3.05) is 5.32 Å². The average Bonchev–Trinajstić information content (AvgIpc) is 3.56. The number of thiazole rings is 1. The van der Waals surface area contributed by atoms with Crippen LogP contribution in [-0.2, 0) is 12.3 Å². The van der Waals surface area contributed by atoms with Gasteiger partial charge in [-0.3, -0.25) is 9.55 Å². The van der Waals surface area contributed by atoms with Gasteiger partial charge in [0, 0.05) is 34.8 Å². The van der Waals surface area contributed by atoms with Gasteiger partial charge in [0.15, 0.2) is 16.1 Å². The molecular formula is C22H18N6OS2. The van der Waals surface area contributed by atoms with Gasteiger partial charge in [0.1, 0.15) is 5.76 Å². The van der Waals surface area contributed by atoms with Crippen LogP contribution in [0.4, 0.5) is 10.8 Å². The summed E-state index contributed by atoms with van der Waals surface area (Å²) in [4.78, 5) is 8.90. The van der Waals surface area contributed by atoms with Gasteiger partial charge >= 0.3 is 0 Å². The Bertz CT molecular complexity index is 1240. The van der Waals surface area contributed by atoms with Gasteiger partial charge in [0.05, 0.1) is 18.5 Å². The minimum atomic E-state index is 0.546. The van der Waals surface area contributed by atoms with Gasteiger partial charge in [-0.05, 0) is 36.4 Å². The number of rotatable bonds is 8. The lowest BCUT2D eigenvalue weighted by Gasteiger charge is -2.08. The van der Waals surface area contributed by atoms with Gasteiger partial charge in [0.2, 0.25) is 0 Å². The zero-order valence-electron chi connectivity index (χ0n) is 16.4. The molecule has 7 nitrogen and oxygen atoms in total. The second-order valence-corrected chi connectivity index (χ2v) is 8.44. The first-order valence-electron chi connectivity index (χ1n) is 9.60. The molecule has 0 saturated heterocycles. The maximum Gasteiger partial charge on any atom is 0.192 e. The second-order valence-electron chi connectivity index (χ2n) is 6.64. The molecule has 1 N–H and O–H groups in total. The van der Waals surface area contributed by atoms with E-state index >= 15 is 0 Å². The quantitative estimate of drug-likeness (QED) is 0.316. The molecule has 0 spiro atoms. The highest BCUT2D eigenvalue weighted by Crippen LogP contribution is 2.29. The van der Waals surface area contributed by atoms with Crippen molar-refractivity contribution in [2.45, 2.75) is 17.5 Å². The van der Waals surface area contributed by atoms with Gasteiger partial charge in [-0.2, -0.15) is 0 Å². The van der Waals surface area contributed by atoms with Crippen LogP contribution in [0.25, 0.3) is 11.4 Å². The van der Waals surface area contributed by atoms with E-state index in [0.29, 0.717) is 12.3 Å². The summed E-state index contributed by atoms with van der Waals surface area (Å²) in [5.74, 6) is 2.29. The topological polar surface area (TPSA) is 81.7 Å². The first-order chi connectivity index (χ1) is 15.3. The third kappa shape index (κ3) is 4.68. The van der Waals surface area contributed by atoms with Crippen LogP contribution in [0.15, 0.2) is 88.2 Å². The number of thioether (sulfide) groups is 1. The van der Waals surface area contributed by atoms with Crippen molar-refractivity contribution in [1.29, 1.82) is 0 Å². The molecule has 0 aliphatic heterocycles. The highest BCUT2D eigenvalue weighted by atomic mass is 32.2. The fourth-order valence-electron chi connectivity index (χ4n) is 3.02. The van der Waals surface area contributed by atoms with Crippen LogP contribution in [-0.4, -0.2) is 24.7 Å². The summed E-state index contributed by atoms with van der Waals surface area (Å²) in [6, 6.07) is 17.7. The average molecular weight is 447 g/mol. The van der Waals surface area contributed by atoms with E-state index in [1.54, 1.807) is 41.8 Å². The lowest BCUT2D eigenvalue weighted by Crippen LogP contribution is -2.03. The van der Waals surface area contributed by atoms with E-state index in [-0.39, 0.29) is 0 Å². The molecular weight excluding hydrogens is 428 g/mol. The van der Waals surface area contributed by atoms with Crippen molar-refractivity contribution < 1.29 is 4.42 Å². The Morgan fingerprint density at radius 2 is 1.97 bits per heavy atom. The number of aromatic nitrogens is 5. The number of pyridine rings is 1. The minimum Gasteiger partial charge on any atom is -0.467 e. The molecule has 0 atom stereocenters. The number of benzene rings is 1. The number of hydrogen-bond donors (Lipinski definition) is 1. The van der Waals surface area contributed by atoms with Crippen molar-refractivity contribution in [3.63, 3.8) is 0 Å². The van der Waals surface area contributed by atoms with Gasteiger partial charge in [0.25, 0.3) is 0 Å². The highest BCUT2D eigenvalue weighted by Gasteiger charge is 2.16. The fourth-order valence-corrected chi connectivity index (χ4v) is 4.69. The molecule has 0 aliphatic rings. The molecule has 9 heteroatoms. The third-order valence-electron chi connectivity index (χ3n) is 4.46. The molecule has 154 valence electrons. The SMILES string of the molecule is c1ccc(Nc2nc(CSc3nnc(-c4cccnc4)n3Cc3ccco3)cs2)cc1. The van der Waals surface area contributed by atoms with E-state index in [0.717, 1.165) is 38.8 Å². The summed E-state index contributed by atoms with van der Waals surface area (Å²) in [5, 5.41) is 15.9. The van der Waals surface area contributed by atoms with Crippen LogP contribution < -0.4 is 5.32 Å². The van der Waals surface area contributed by atoms with Crippen LogP contribution in [0, 0.1) is 0 Å². The van der Waals surface area contributed by atoms with Crippen molar-refractivity contribution in [3.8, 4) is 11.4 Å². The van der Waals surface area contributed by atoms with Gasteiger partial charge in [-0.25, -0.2) is 4.98 Å². The second kappa shape index (κ2) is 9.15. The molecule has 0 saturated carbocycles. The molecule has 1 aromatic carbocycles. The van der Waals surface area contributed by atoms with Crippen LogP contribution >= 0.6 is 23.1 Å². The summed E-state index contributed by atoms with van der Waals surface area (Å²) in [6.45, 7) is 0.546. The van der Waals surface area contributed by atoms with Crippen LogP contribution in [0.1, 0.15) is 11.5 Å². The molecule has 0 amide bonds. The number of para-hydroxylation sites is 1. The monoisotopic (exact) mass is 446 g/mol. The van der Waals surface area contributed by atoms with Crippen molar-refractivity contribution in [2.24, 2.45) is 0 Å². The van der Waals surface area contributed by atoms with Gasteiger partial charge in [-0.15, -0.1) is 21.5 Å². The number of nitrogens with one attached hydrogen (secondary N) is 1. The Kier molecular flexibility index (Phi) is 5.76. The Balaban J connectivity index is 1.34. The summed E-state index contributed by atoms with van der Waals surface area (Å²) < 4.78 is 7.61. The van der Waals surface area contributed by atoms with E-state index in [2.05, 4.69) is 30.4 Å². The van der Waals surface area contributed by atoms with Crippen LogP contribution in [0.3, 0.4) is 0 Å². The number of furan rings is 1. The third-order valence-corrected chi connectivity index (χ3v) is 6.26. The van der Waals surface area contributed by atoms with Crippen LogP contribution in [0.5, 0.6) is 0 Å². The maximum atomic E-state index is 5.56. The largest absolute Gasteiger partial charge is 0.467 e. The standard InChI is InChI=1S/C22H18N6OS2/c1-2-7-17(8-3-1)24-21-25-18(14-30-21)15-31-22-27-26-20(16-6-4-10-23-12-16)28(22)13-19-9-5-11-29-19/h1-12,14H,13,15H2,(H,24,25). The first-order valence-corrected chi connectivity index (χ1v) is 11.5. The maximum absolute atomic E-state index is 5.56. The predicted molar refractivity (Wildman–Crippen MR) is 122 cm³/mol. The zero-order chi connectivity index (χ0) is 20.9. The van der Waals surface area contributed by atoms with Gasteiger partial charge < -0.3 is 9.73 Å². The molecule has 0 aliphatic carbocycles. The molecule has 0 fully saturated rings. The van der Waals surface area contributed by atoms with E-state index in [9.17, 15) is 0 Å². The summed E-state index contributed by atoms with van der Waals surface area (Å²) in [6.07, 6.45) is 5.21. The Labute approximate surface area is 187 Å². The molecule has 0 unspecified atom stereocenters. The lowest BCUT2D eigenvalue weighted by molar-refractivity contribution is 0.485. The Morgan fingerprint density at radius 3 is 2.77 bits per heavy atom. The molecule has 5 aromatic rings. The van der Waals surface area contributed by atoms with Crippen molar-refractivity contribution in [1.82, 2.24) is 24.7 Å². The summed E-state index contributed by atoms with van der Waals surface area (Å²) in [5.41, 5.74) is 2.93. The summed E-state index contributed by atoms with van der Waals surface area (Å²) >= 11 is 3.19. The number of anilines is 2. The van der Waals surface area contributed by atoms with E-state index in [4.69, 9.17) is 9.40 Å². The van der Waals surface area contributed by atoms with Crippen LogP contribution in [0.2, 0.25) is 0 Å². The van der Waals surface area contributed by atoms with Crippen molar-refractivity contribution >= 4 is 33.9 Å². The molecule has 4 heterocycles. The smallest absolute Gasteiger partial charge is 0.192 e. The Morgan fingerprint density at radius 1 is 1.03 bits per heavy atom. The molecule has 4 aromatic heterocycles. The fraction of sp³-hybridized carbons (Fsp3) is 0.0909. The number of nitrogens with zero attached hydrogens (tertiary/aromatic N) is 5. The first kappa shape index (κ1) is 19.5. The number of hydrogen-bond acceptors (Lipinski definition) is 8. The Hall–Kier alpha value is -3.43. The zero-order valence-corrected chi connectivity index (χ0v) is 18.0.